The summed E-state index contributed by atoms with van der Waals surface area (Å²) < 4.78 is 10.9. The van der Waals surface area contributed by atoms with E-state index in [4.69, 9.17) is 9.47 Å². The van der Waals surface area contributed by atoms with Crippen LogP contribution in [0.4, 0.5) is 0 Å². The number of hydrogen-bond donors (Lipinski definition) is 1. The number of rotatable bonds is 5. The maximum atomic E-state index is 12.5. The summed E-state index contributed by atoms with van der Waals surface area (Å²) in [6.45, 7) is 7.76. The molecule has 0 aliphatic carbocycles. The number of carbonyl (C=O) groups excluding carboxylic acids is 1. The first-order chi connectivity index (χ1) is 11.2. The van der Waals surface area contributed by atoms with Crippen molar-refractivity contribution in [3.05, 3.63) is 34.9 Å². The first-order valence-corrected chi connectivity index (χ1v) is 8.52. The molecule has 5 heteroatoms. The molecule has 0 aromatic heterocycles. The van der Waals surface area contributed by atoms with Gasteiger partial charge in [-0.15, -0.1) is 0 Å². The Bertz CT molecular complexity index is 535. The molecule has 5 nitrogen and oxygen atoms in total. The maximum absolute atomic E-state index is 12.5. The topological polar surface area (TPSA) is 50.8 Å². The largest absolute Gasteiger partial charge is 0.379 e. The molecule has 1 aromatic carbocycles. The molecule has 23 heavy (non-hydrogen) atoms. The number of ether oxygens (including phenoxy) is 2. The third-order valence-corrected chi connectivity index (χ3v) is 4.57. The average molecular weight is 318 g/mol. The number of amides is 1. The molecular formula is C18H26N2O3. The highest BCUT2D eigenvalue weighted by molar-refractivity contribution is 5.95. The molecule has 2 aliphatic heterocycles. The molecule has 0 radical (unpaired) electrons. The van der Waals surface area contributed by atoms with E-state index in [0.29, 0.717) is 6.54 Å². The van der Waals surface area contributed by atoms with Crippen LogP contribution in [0.25, 0.3) is 0 Å². The van der Waals surface area contributed by atoms with Crippen LogP contribution in [0.3, 0.4) is 0 Å². The maximum Gasteiger partial charge on any atom is 0.251 e. The van der Waals surface area contributed by atoms with Gasteiger partial charge in [0.25, 0.3) is 5.91 Å². The highest BCUT2D eigenvalue weighted by Crippen LogP contribution is 2.15. The second-order valence-corrected chi connectivity index (χ2v) is 6.38. The van der Waals surface area contributed by atoms with Gasteiger partial charge in [0.1, 0.15) is 0 Å². The van der Waals surface area contributed by atoms with E-state index in [2.05, 4.69) is 16.3 Å². The lowest BCUT2D eigenvalue weighted by molar-refractivity contribution is 0.0342. The Hall–Kier alpha value is -1.43. The fraction of sp³-hybridized carbons (Fsp3) is 0.611. The fourth-order valence-electron chi connectivity index (χ4n) is 3.14. The standard InChI is InChI=1S/C18H26N2O3/c1-14-4-5-15(13-20-6-9-22-10-7-20)11-17(14)18(21)19-12-16-3-2-8-23-16/h4-5,11,16H,2-3,6-10,12-13H2,1H3,(H,19,21)/t16-/m0/s1. The Morgan fingerprint density at radius 2 is 2.13 bits per heavy atom. The van der Waals surface area contributed by atoms with Gasteiger partial charge in [0.15, 0.2) is 0 Å². The monoisotopic (exact) mass is 318 g/mol. The quantitative estimate of drug-likeness (QED) is 0.898. The first kappa shape index (κ1) is 16.4. The smallest absolute Gasteiger partial charge is 0.251 e. The molecule has 2 heterocycles. The van der Waals surface area contributed by atoms with Crippen molar-refractivity contribution >= 4 is 5.91 Å². The first-order valence-electron chi connectivity index (χ1n) is 8.52. The molecular weight excluding hydrogens is 292 g/mol. The van der Waals surface area contributed by atoms with Crippen molar-refractivity contribution < 1.29 is 14.3 Å². The summed E-state index contributed by atoms with van der Waals surface area (Å²) in [5.74, 6) is 0.00169. The normalized spacial score (nSPS) is 22.2. The molecule has 0 saturated carbocycles. The highest BCUT2D eigenvalue weighted by Gasteiger charge is 2.18. The Balaban J connectivity index is 1.60. The summed E-state index contributed by atoms with van der Waals surface area (Å²) >= 11 is 0. The van der Waals surface area contributed by atoms with Crippen LogP contribution in [-0.4, -0.2) is 56.4 Å². The second kappa shape index (κ2) is 7.90. The van der Waals surface area contributed by atoms with Crippen molar-refractivity contribution in [2.45, 2.75) is 32.4 Å². The Morgan fingerprint density at radius 1 is 1.30 bits per heavy atom. The van der Waals surface area contributed by atoms with Gasteiger partial charge in [0.2, 0.25) is 0 Å². The van der Waals surface area contributed by atoms with Crippen LogP contribution in [0.1, 0.15) is 34.3 Å². The summed E-state index contributed by atoms with van der Waals surface area (Å²) in [7, 11) is 0. The molecule has 0 bridgehead atoms. The predicted molar refractivity (Wildman–Crippen MR) is 88.6 cm³/mol. The Kier molecular flexibility index (Phi) is 5.65. The van der Waals surface area contributed by atoms with Crippen molar-refractivity contribution in [1.82, 2.24) is 10.2 Å². The molecule has 1 N–H and O–H groups in total. The van der Waals surface area contributed by atoms with E-state index in [1.165, 1.54) is 5.56 Å². The van der Waals surface area contributed by atoms with E-state index in [0.717, 1.165) is 63.4 Å². The van der Waals surface area contributed by atoms with Crippen LogP contribution in [-0.2, 0) is 16.0 Å². The minimum atomic E-state index is 0.00169. The van der Waals surface area contributed by atoms with Crippen molar-refractivity contribution in [2.24, 2.45) is 0 Å². The van der Waals surface area contributed by atoms with E-state index in [1.807, 2.05) is 19.1 Å². The lowest BCUT2D eigenvalue weighted by Gasteiger charge is -2.26. The minimum Gasteiger partial charge on any atom is -0.379 e. The molecule has 0 spiro atoms. The third kappa shape index (κ3) is 4.53. The number of benzene rings is 1. The molecule has 3 rings (SSSR count). The molecule has 1 amide bonds. The minimum absolute atomic E-state index is 0.00169. The Labute approximate surface area is 137 Å². The van der Waals surface area contributed by atoms with Gasteiger partial charge in [-0.1, -0.05) is 12.1 Å². The van der Waals surface area contributed by atoms with E-state index < -0.39 is 0 Å². The van der Waals surface area contributed by atoms with Crippen LogP contribution in [0.5, 0.6) is 0 Å². The molecule has 1 aromatic rings. The Morgan fingerprint density at radius 3 is 2.87 bits per heavy atom. The van der Waals surface area contributed by atoms with E-state index in [-0.39, 0.29) is 12.0 Å². The molecule has 2 aliphatic rings. The zero-order valence-corrected chi connectivity index (χ0v) is 13.8. The SMILES string of the molecule is Cc1ccc(CN2CCOCC2)cc1C(=O)NC[C@@H]1CCCO1. The van der Waals surface area contributed by atoms with E-state index in [9.17, 15) is 4.79 Å². The highest BCUT2D eigenvalue weighted by atomic mass is 16.5. The van der Waals surface area contributed by atoms with Gasteiger partial charge >= 0.3 is 0 Å². The zero-order valence-electron chi connectivity index (χ0n) is 13.8. The fourth-order valence-corrected chi connectivity index (χ4v) is 3.14. The van der Waals surface area contributed by atoms with Crippen molar-refractivity contribution in [3.8, 4) is 0 Å². The lowest BCUT2D eigenvalue weighted by atomic mass is 10.0. The summed E-state index contributed by atoms with van der Waals surface area (Å²) in [5, 5.41) is 3.02. The van der Waals surface area contributed by atoms with Crippen LogP contribution in [0, 0.1) is 6.92 Å². The number of nitrogens with zero attached hydrogens (tertiary/aromatic N) is 1. The van der Waals surface area contributed by atoms with Gasteiger partial charge in [-0.05, 0) is 37.0 Å². The molecule has 0 unspecified atom stereocenters. The van der Waals surface area contributed by atoms with Gasteiger partial charge in [0, 0.05) is 38.3 Å². The van der Waals surface area contributed by atoms with Gasteiger partial charge in [-0.25, -0.2) is 0 Å². The second-order valence-electron chi connectivity index (χ2n) is 6.38. The molecule has 2 fully saturated rings. The van der Waals surface area contributed by atoms with Crippen molar-refractivity contribution in [3.63, 3.8) is 0 Å². The van der Waals surface area contributed by atoms with Crippen molar-refractivity contribution in [2.75, 3.05) is 39.5 Å². The number of carbonyl (C=O) groups is 1. The van der Waals surface area contributed by atoms with Crippen LogP contribution < -0.4 is 5.32 Å². The molecule has 2 saturated heterocycles. The van der Waals surface area contributed by atoms with E-state index in [1.54, 1.807) is 0 Å². The number of nitrogens with one attached hydrogen (secondary N) is 1. The van der Waals surface area contributed by atoms with Gasteiger partial charge in [0.05, 0.1) is 19.3 Å². The van der Waals surface area contributed by atoms with Gasteiger partial charge < -0.3 is 14.8 Å². The summed E-state index contributed by atoms with van der Waals surface area (Å²) in [6.07, 6.45) is 2.31. The summed E-state index contributed by atoms with van der Waals surface area (Å²) in [4.78, 5) is 14.8. The average Bonchev–Trinajstić information content (AvgIpc) is 3.09. The molecule has 126 valence electrons. The third-order valence-electron chi connectivity index (χ3n) is 4.57. The van der Waals surface area contributed by atoms with Crippen molar-refractivity contribution in [1.29, 1.82) is 0 Å². The lowest BCUT2D eigenvalue weighted by Crippen LogP contribution is -2.36. The van der Waals surface area contributed by atoms with Crippen LogP contribution >= 0.6 is 0 Å². The summed E-state index contributed by atoms with van der Waals surface area (Å²) in [5.41, 5.74) is 2.97. The number of hydrogen-bond acceptors (Lipinski definition) is 4. The molecule has 1 atom stereocenters. The van der Waals surface area contributed by atoms with Crippen LogP contribution in [0.2, 0.25) is 0 Å². The van der Waals surface area contributed by atoms with Gasteiger partial charge in [-0.3, -0.25) is 9.69 Å². The van der Waals surface area contributed by atoms with E-state index >= 15 is 0 Å². The predicted octanol–water partition coefficient (Wildman–Crippen LogP) is 1.74. The summed E-state index contributed by atoms with van der Waals surface area (Å²) in [6, 6.07) is 6.17. The van der Waals surface area contributed by atoms with Crippen LogP contribution in [0.15, 0.2) is 18.2 Å². The zero-order chi connectivity index (χ0) is 16.1. The van der Waals surface area contributed by atoms with Gasteiger partial charge in [-0.2, -0.15) is 0 Å². The number of aryl methyl sites for hydroxylation is 1. The number of morpholine rings is 1.